The number of hydrogen-bond acceptors (Lipinski definition) is 2. The molecule has 1 aromatic heterocycles. The highest BCUT2D eigenvalue weighted by molar-refractivity contribution is 7.14. The molecule has 2 atom stereocenters. The second kappa shape index (κ2) is 4.87. The molecule has 4 heteroatoms. The second-order valence-corrected chi connectivity index (χ2v) is 5.71. The molecule has 1 aliphatic rings. The lowest BCUT2D eigenvalue weighted by Crippen LogP contribution is -2.44. The minimum atomic E-state index is 0.0425. The summed E-state index contributed by atoms with van der Waals surface area (Å²) in [6.45, 7) is 6.17. The van der Waals surface area contributed by atoms with Gasteiger partial charge in [0.15, 0.2) is 0 Å². The lowest BCUT2D eigenvalue weighted by Gasteiger charge is -2.34. The monoisotopic (exact) mass is 238 g/mol. The van der Waals surface area contributed by atoms with Gasteiger partial charge in [0, 0.05) is 13.1 Å². The van der Waals surface area contributed by atoms with Gasteiger partial charge >= 0.3 is 6.03 Å². The average molecular weight is 238 g/mol. The number of likely N-dealkylation sites (tertiary alicyclic amines) is 1. The van der Waals surface area contributed by atoms with E-state index in [0.717, 1.165) is 18.1 Å². The number of nitrogens with one attached hydrogen (secondary N) is 1. The maximum atomic E-state index is 12.0. The number of anilines is 1. The van der Waals surface area contributed by atoms with E-state index >= 15 is 0 Å². The van der Waals surface area contributed by atoms with Crippen molar-refractivity contribution in [3.05, 3.63) is 17.5 Å². The Balaban J connectivity index is 1.94. The van der Waals surface area contributed by atoms with Crippen LogP contribution in [-0.2, 0) is 0 Å². The van der Waals surface area contributed by atoms with Gasteiger partial charge in [0.2, 0.25) is 0 Å². The van der Waals surface area contributed by atoms with Crippen molar-refractivity contribution in [2.24, 2.45) is 11.8 Å². The first-order valence-electron chi connectivity index (χ1n) is 5.74. The van der Waals surface area contributed by atoms with Crippen LogP contribution in [0.3, 0.4) is 0 Å². The van der Waals surface area contributed by atoms with Crippen molar-refractivity contribution in [2.75, 3.05) is 18.4 Å². The predicted molar refractivity (Wildman–Crippen MR) is 67.9 cm³/mol. The lowest BCUT2D eigenvalue weighted by atomic mass is 9.92. The van der Waals surface area contributed by atoms with Gasteiger partial charge in [-0.05, 0) is 35.8 Å². The molecule has 88 valence electrons. The molecule has 3 nitrogen and oxygen atoms in total. The SMILES string of the molecule is CC1CC(C)CN(C(=O)Nc2cccs2)C1. The minimum Gasteiger partial charge on any atom is -0.324 e. The molecule has 1 N–H and O–H groups in total. The molecular formula is C12H18N2OS. The Labute approximate surface area is 100 Å². The maximum absolute atomic E-state index is 12.0. The van der Waals surface area contributed by atoms with Crippen molar-refractivity contribution < 1.29 is 4.79 Å². The molecule has 1 saturated heterocycles. The summed E-state index contributed by atoms with van der Waals surface area (Å²) in [5, 5.41) is 5.83. The third-order valence-corrected chi connectivity index (χ3v) is 3.69. The largest absolute Gasteiger partial charge is 0.324 e. The predicted octanol–water partition coefficient (Wildman–Crippen LogP) is 3.26. The van der Waals surface area contributed by atoms with E-state index in [-0.39, 0.29) is 6.03 Å². The third-order valence-electron chi connectivity index (χ3n) is 2.91. The number of urea groups is 1. The molecule has 1 aliphatic heterocycles. The Morgan fingerprint density at radius 1 is 1.44 bits per heavy atom. The molecule has 0 radical (unpaired) electrons. The zero-order valence-corrected chi connectivity index (χ0v) is 10.6. The zero-order valence-electron chi connectivity index (χ0n) is 9.77. The summed E-state index contributed by atoms with van der Waals surface area (Å²) >= 11 is 1.56. The van der Waals surface area contributed by atoms with Gasteiger partial charge in [-0.15, -0.1) is 11.3 Å². The normalized spacial score (nSPS) is 25.5. The van der Waals surface area contributed by atoms with Crippen molar-refractivity contribution in [3.8, 4) is 0 Å². The Bertz CT molecular complexity index is 340. The highest BCUT2D eigenvalue weighted by Gasteiger charge is 2.25. The number of carbonyl (C=O) groups excluding carboxylic acids is 1. The molecule has 0 aliphatic carbocycles. The molecule has 2 rings (SSSR count). The molecular weight excluding hydrogens is 220 g/mol. The van der Waals surface area contributed by atoms with Crippen molar-refractivity contribution in [1.82, 2.24) is 4.90 Å². The summed E-state index contributed by atoms with van der Waals surface area (Å²) in [5.41, 5.74) is 0. The quantitative estimate of drug-likeness (QED) is 0.800. The fraction of sp³-hybridized carbons (Fsp3) is 0.583. The van der Waals surface area contributed by atoms with Crippen LogP contribution in [0.2, 0.25) is 0 Å². The first-order valence-corrected chi connectivity index (χ1v) is 6.62. The van der Waals surface area contributed by atoms with Crippen LogP contribution in [-0.4, -0.2) is 24.0 Å². The number of rotatable bonds is 1. The van der Waals surface area contributed by atoms with Gasteiger partial charge in [0.25, 0.3) is 0 Å². The van der Waals surface area contributed by atoms with Crippen molar-refractivity contribution in [1.29, 1.82) is 0 Å². The molecule has 1 fully saturated rings. The second-order valence-electron chi connectivity index (χ2n) is 4.76. The highest BCUT2D eigenvalue weighted by atomic mass is 32.1. The third kappa shape index (κ3) is 2.76. The number of nitrogens with zero attached hydrogens (tertiary/aromatic N) is 1. The summed E-state index contributed by atoms with van der Waals surface area (Å²) in [6.07, 6.45) is 1.22. The fourth-order valence-electron chi connectivity index (χ4n) is 2.36. The van der Waals surface area contributed by atoms with E-state index in [9.17, 15) is 4.79 Å². The summed E-state index contributed by atoms with van der Waals surface area (Å²) in [5.74, 6) is 1.22. The first-order chi connectivity index (χ1) is 7.65. The van der Waals surface area contributed by atoms with E-state index in [1.165, 1.54) is 6.42 Å². The highest BCUT2D eigenvalue weighted by Crippen LogP contribution is 2.22. The van der Waals surface area contributed by atoms with Gasteiger partial charge < -0.3 is 4.90 Å². The minimum absolute atomic E-state index is 0.0425. The van der Waals surface area contributed by atoms with Gasteiger partial charge in [-0.3, -0.25) is 5.32 Å². The van der Waals surface area contributed by atoms with Gasteiger partial charge in [0.1, 0.15) is 0 Å². The summed E-state index contributed by atoms with van der Waals surface area (Å²) in [4.78, 5) is 13.9. The van der Waals surface area contributed by atoms with Crippen molar-refractivity contribution >= 4 is 22.4 Å². The summed E-state index contributed by atoms with van der Waals surface area (Å²) in [6, 6.07) is 3.92. The van der Waals surface area contributed by atoms with Gasteiger partial charge in [-0.2, -0.15) is 0 Å². The molecule has 0 bridgehead atoms. The Morgan fingerprint density at radius 2 is 2.12 bits per heavy atom. The van der Waals surface area contributed by atoms with E-state index in [4.69, 9.17) is 0 Å². The molecule has 16 heavy (non-hydrogen) atoms. The van der Waals surface area contributed by atoms with Crippen LogP contribution < -0.4 is 5.32 Å². The van der Waals surface area contributed by atoms with E-state index in [1.807, 2.05) is 22.4 Å². The number of thiophene rings is 1. The number of hydrogen-bond donors (Lipinski definition) is 1. The van der Waals surface area contributed by atoms with E-state index in [2.05, 4.69) is 19.2 Å². The lowest BCUT2D eigenvalue weighted by molar-refractivity contribution is 0.156. The van der Waals surface area contributed by atoms with Crippen LogP contribution in [0.15, 0.2) is 17.5 Å². The topological polar surface area (TPSA) is 32.3 Å². The van der Waals surface area contributed by atoms with Crippen molar-refractivity contribution in [3.63, 3.8) is 0 Å². The van der Waals surface area contributed by atoms with Crippen LogP contribution in [0, 0.1) is 11.8 Å². The smallest absolute Gasteiger partial charge is 0.322 e. The van der Waals surface area contributed by atoms with Crippen LogP contribution in [0.1, 0.15) is 20.3 Å². The molecule has 0 saturated carbocycles. The Morgan fingerprint density at radius 3 is 2.69 bits per heavy atom. The van der Waals surface area contributed by atoms with Gasteiger partial charge in [0.05, 0.1) is 5.00 Å². The number of amides is 2. The molecule has 0 aromatic carbocycles. The van der Waals surface area contributed by atoms with Crippen LogP contribution in [0.5, 0.6) is 0 Å². The first kappa shape index (κ1) is 11.5. The van der Waals surface area contributed by atoms with E-state index in [1.54, 1.807) is 11.3 Å². The number of carbonyl (C=O) groups is 1. The van der Waals surface area contributed by atoms with Gasteiger partial charge in [-0.25, -0.2) is 4.79 Å². The summed E-state index contributed by atoms with van der Waals surface area (Å²) in [7, 11) is 0. The van der Waals surface area contributed by atoms with Crippen LogP contribution >= 0.6 is 11.3 Å². The molecule has 2 unspecified atom stereocenters. The maximum Gasteiger partial charge on any atom is 0.322 e. The van der Waals surface area contributed by atoms with Crippen molar-refractivity contribution in [2.45, 2.75) is 20.3 Å². The van der Waals surface area contributed by atoms with Crippen LogP contribution in [0.25, 0.3) is 0 Å². The standard InChI is InChI=1S/C12H18N2OS/c1-9-6-10(2)8-14(7-9)12(15)13-11-4-3-5-16-11/h3-5,9-10H,6-8H2,1-2H3,(H,13,15). The number of piperidine rings is 1. The molecule has 1 aromatic rings. The Hall–Kier alpha value is -1.03. The molecule has 0 spiro atoms. The summed E-state index contributed by atoms with van der Waals surface area (Å²) < 4.78 is 0. The molecule has 2 amide bonds. The Kier molecular flexibility index (Phi) is 3.49. The average Bonchev–Trinajstić information content (AvgIpc) is 2.68. The van der Waals surface area contributed by atoms with Crippen LogP contribution in [0.4, 0.5) is 9.80 Å². The van der Waals surface area contributed by atoms with E-state index < -0.39 is 0 Å². The van der Waals surface area contributed by atoms with Gasteiger partial charge in [-0.1, -0.05) is 13.8 Å². The fourth-order valence-corrected chi connectivity index (χ4v) is 2.97. The molecule has 2 heterocycles. The zero-order chi connectivity index (χ0) is 11.5. The van der Waals surface area contributed by atoms with E-state index in [0.29, 0.717) is 11.8 Å².